The van der Waals surface area contributed by atoms with Gasteiger partial charge in [-0.3, -0.25) is 9.59 Å². The molecule has 2 N–H and O–H groups in total. The highest BCUT2D eigenvalue weighted by Gasteiger charge is 2.37. The lowest BCUT2D eigenvalue weighted by atomic mass is 9.79. The Bertz CT molecular complexity index is 1210. The molecule has 0 saturated heterocycles. The van der Waals surface area contributed by atoms with Crippen molar-refractivity contribution in [3.63, 3.8) is 0 Å². The Morgan fingerprint density at radius 3 is 2.31 bits per heavy atom. The molecule has 1 aliphatic heterocycles. The highest BCUT2D eigenvalue weighted by atomic mass is 32.2. The van der Waals surface area contributed by atoms with Crippen LogP contribution in [0, 0.1) is 11.8 Å². The molecule has 0 aromatic heterocycles. The lowest BCUT2D eigenvalue weighted by molar-refractivity contribution is 0.0926. The van der Waals surface area contributed by atoms with Crippen molar-refractivity contribution in [2.24, 2.45) is 11.8 Å². The molecule has 0 radical (unpaired) electrons. The molecular weight excluding hydrogens is 462 g/mol. The molecule has 1 aliphatic carbocycles. The Morgan fingerprint density at radius 1 is 1.00 bits per heavy atom. The number of imide groups is 1. The summed E-state index contributed by atoms with van der Waals surface area (Å²) in [6.07, 6.45) is 3.54. The van der Waals surface area contributed by atoms with E-state index < -0.39 is 15.3 Å². The number of benzene rings is 2. The fourth-order valence-electron chi connectivity index (χ4n) is 4.94. The van der Waals surface area contributed by atoms with Gasteiger partial charge in [0.2, 0.25) is 10.0 Å². The Balaban J connectivity index is 1.38. The number of hydrogen-bond acceptors (Lipinski definition) is 5. The van der Waals surface area contributed by atoms with Crippen molar-refractivity contribution in [3.8, 4) is 0 Å². The minimum absolute atomic E-state index is 0.0281. The summed E-state index contributed by atoms with van der Waals surface area (Å²) in [5.41, 5.74) is 3.38. The monoisotopic (exact) mass is 497 g/mol. The molecule has 0 bridgehead atoms. The van der Waals surface area contributed by atoms with Crippen LogP contribution in [0.25, 0.3) is 0 Å². The average Bonchev–Trinajstić information content (AvgIpc) is 3.08. The van der Waals surface area contributed by atoms with Gasteiger partial charge in [0, 0.05) is 18.3 Å². The van der Waals surface area contributed by atoms with Crippen LogP contribution in [-0.2, 0) is 16.4 Å². The first-order valence-corrected chi connectivity index (χ1v) is 14.0. The average molecular weight is 498 g/mol. The second kappa shape index (κ2) is 10.1. The molecule has 7 nitrogen and oxygen atoms in total. The van der Waals surface area contributed by atoms with Gasteiger partial charge in [-0.05, 0) is 87.3 Å². The quantitative estimate of drug-likeness (QED) is 0.520. The van der Waals surface area contributed by atoms with Crippen molar-refractivity contribution in [2.75, 3.05) is 16.8 Å². The lowest BCUT2D eigenvalue weighted by Gasteiger charge is -2.35. The van der Waals surface area contributed by atoms with Crippen LogP contribution in [0.3, 0.4) is 0 Å². The molecule has 8 heteroatoms. The summed E-state index contributed by atoms with van der Waals surface area (Å²) in [5, 5.41) is 3.00. The van der Waals surface area contributed by atoms with Crippen LogP contribution in [-0.4, -0.2) is 38.1 Å². The van der Waals surface area contributed by atoms with E-state index in [1.165, 1.54) is 4.90 Å². The van der Waals surface area contributed by atoms with Crippen molar-refractivity contribution < 1.29 is 18.0 Å². The summed E-state index contributed by atoms with van der Waals surface area (Å²) in [5.74, 6) is 0.0566. The molecule has 2 aromatic carbocycles. The van der Waals surface area contributed by atoms with E-state index in [9.17, 15) is 18.0 Å². The minimum atomic E-state index is -3.28. The number of fused-ring (bicyclic) bond motifs is 1. The standard InChI is InChI=1S/C27H35N3O4S/c1-5-19-6-10-22(11-7-19)30-26(31)23-12-9-21(15-24(23)27(30)32)28-16-20-8-13-25(18(4)14-20)29-35(33,34)17(2)3/h6-7,9-12,15,17-18,20,25,28-29H,5,8,13-14,16H2,1-4H3/t18?,20-,25-/m1/s1. The van der Waals surface area contributed by atoms with E-state index >= 15 is 0 Å². The van der Waals surface area contributed by atoms with Crippen LogP contribution in [0.5, 0.6) is 0 Å². The summed E-state index contributed by atoms with van der Waals surface area (Å²) >= 11 is 0. The van der Waals surface area contributed by atoms with Crippen LogP contribution >= 0.6 is 0 Å². The van der Waals surface area contributed by atoms with Gasteiger partial charge < -0.3 is 5.32 Å². The molecule has 2 amide bonds. The highest BCUT2D eigenvalue weighted by molar-refractivity contribution is 7.90. The van der Waals surface area contributed by atoms with Crippen LogP contribution in [0.4, 0.5) is 11.4 Å². The van der Waals surface area contributed by atoms with Crippen molar-refractivity contribution >= 4 is 33.2 Å². The Labute approximate surface area is 208 Å². The van der Waals surface area contributed by atoms with Gasteiger partial charge in [0.05, 0.1) is 22.1 Å². The first-order valence-electron chi connectivity index (χ1n) is 12.5. The van der Waals surface area contributed by atoms with Crippen LogP contribution in [0.2, 0.25) is 0 Å². The maximum atomic E-state index is 13.1. The normalized spacial score (nSPS) is 22.5. The molecule has 1 unspecified atom stereocenters. The lowest BCUT2D eigenvalue weighted by Crippen LogP contribution is -2.45. The second-order valence-electron chi connectivity index (χ2n) is 10.1. The second-order valence-corrected chi connectivity index (χ2v) is 12.3. The smallest absolute Gasteiger partial charge is 0.266 e. The molecule has 1 heterocycles. The van der Waals surface area contributed by atoms with E-state index in [-0.39, 0.29) is 23.8 Å². The summed E-state index contributed by atoms with van der Waals surface area (Å²) in [7, 11) is -3.28. The number of amides is 2. The number of carbonyl (C=O) groups is 2. The molecule has 1 saturated carbocycles. The number of anilines is 2. The molecule has 1 fully saturated rings. The first kappa shape index (κ1) is 25.4. The molecule has 4 rings (SSSR count). The SMILES string of the molecule is CCc1ccc(N2C(=O)c3ccc(NC[C@@H]4CC[C@@H](NS(=O)(=O)C(C)C)C(C)C4)cc3C2=O)cc1. The van der Waals surface area contributed by atoms with Crippen LogP contribution in [0.15, 0.2) is 42.5 Å². The Kier molecular flexibility index (Phi) is 7.33. The topological polar surface area (TPSA) is 95.6 Å². The van der Waals surface area contributed by atoms with Crippen molar-refractivity contribution in [3.05, 3.63) is 59.2 Å². The van der Waals surface area contributed by atoms with Gasteiger partial charge >= 0.3 is 0 Å². The number of sulfonamides is 1. The zero-order valence-corrected chi connectivity index (χ0v) is 21.7. The van der Waals surface area contributed by atoms with Gasteiger partial charge in [0.25, 0.3) is 11.8 Å². The van der Waals surface area contributed by atoms with E-state index in [4.69, 9.17) is 0 Å². The van der Waals surface area contributed by atoms with Crippen LogP contribution < -0.4 is 14.9 Å². The fraction of sp³-hybridized carbons (Fsp3) is 0.481. The zero-order valence-electron chi connectivity index (χ0n) is 20.9. The maximum Gasteiger partial charge on any atom is 0.266 e. The Hall–Kier alpha value is -2.71. The summed E-state index contributed by atoms with van der Waals surface area (Å²) < 4.78 is 27.4. The maximum absolute atomic E-state index is 13.1. The van der Waals surface area contributed by atoms with Crippen LogP contribution in [0.1, 0.15) is 73.2 Å². The number of hydrogen-bond donors (Lipinski definition) is 2. The summed E-state index contributed by atoms with van der Waals surface area (Å²) in [6.45, 7) is 8.28. The van der Waals surface area contributed by atoms with Gasteiger partial charge in [-0.1, -0.05) is 26.0 Å². The predicted molar refractivity (Wildman–Crippen MR) is 139 cm³/mol. The molecule has 3 atom stereocenters. The molecule has 2 aromatic rings. The predicted octanol–water partition coefficient (Wildman–Crippen LogP) is 4.59. The summed E-state index contributed by atoms with van der Waals surface area (Å²) in [6, 6.07) is 12.8. The van der Waals surface area contributed by atoms with E-state index in [0.29, 0.717) is 22.7 Å². The molecule has 188 valence electrons. The number of nitrogens with one attached hydrogen (secondary N) is 2. The van der Waals surface area contributed by atoms with Gasteiger partial charge in [-0.25, -0.2) is 18.0 Å². The van der Waals surface area contributed by atoms with E-state index in [1.807, 2.05) is 30.3 Å². The third-order valence-corrected chi connectivity index (χ3v) is 9.17. The van der Waals surface area contributed by atoms with Gasteiger partial charge in [-0.15, -0.1) is 0 Å². The molecule has 35 heavy (non-hydrogen) atoms. The summed E-state index contributed by atoms with van der Waals surface area (Å²) in [4.78, 5) is 27.3. The third-order valence-electron chi connectivity index (χ3n) is 7.30. The largest absolute Gasteiger partial charge is 0.385 e. The van der Waals surface area contributed by atoms with E-state index in [2.05, 4.69) is 23.9 Å². The van der Waals surface area contributed by atoms with Gasteiger partial charge in [0.15, 0.2) is 0 Å². The molecular formula is C27H35N3O4S. The highest BCUT2D eigenvalue weighted by Crippen LogP contribution is 2.32. The molecule has 2 aliphatic rings. The fourth-order valence-corrected chi connectivity index (χ4v) is 5.99. The number of carbonyl (C=O) groups excluding carboxylic acids is 2. The first-order chi connectivity index (χ1) is 16.6. The molecule has 0 spiro atoms. The number of nitrogens with zero attached hydrogens (tertiary/aromatic N) is 1. The van der Waals surface area contributed by atoms with E-state index in [1.54, 1.807) is 26.0 Å². The van der Waals surface area contributed by atoms with Gasteiger partial charge in [-0.2, -0.15) is 0 Å². The van der Waals surface area contributed by atoms with Crippen molar-refractivity contribution in [1.82, 2.24) is 4.72 Å². The zero-order chi connectivity index (χ0) is 25.3. The van der Waals surface area contributed by atoms with Crippen molar-refractivity contribution in [1.29, 1.82) is 0 Å². The minimum Gasteiger partial charge on any atom is -0.385 e. The number of aryl methyl sites for hydroxylation is 1. The van der Waals surface area contributed by atoms with E-state index in [0.717, 1.165) is 43.5 Å². The third kappa shape index (κ3) is 5.28. The number of rotatable bonds is 8. The van der Waals surface area contributed by atoms with Crippen molar-refractivity contribution in [2.45, 2.75) is 64.7 Å². The Morgan fingerprint density at radius 2 is 1.69 bits per heavy atom. The van der Waals surface area contributed by atoms with Gasteiger partial charge in [0.1, 0.15) is 0 Å².